The van der Waals surface area contributed by atoms with Crippen LogP contribution in [0.25, 0.3) is 0 Å². The predicted octanol–water partition coefficient (Wildman–Crippen LogP) is -3.71. The maximum atomic E-state index is 14.6. The molecule has 5 rings (SSSR count). The van der Waals surface area contributed by atoms with E-state index >= 15 is 0 Å². The Morgan fingerprint density at radius 1 is 0.490 bits per heavy atom. The molecule has 0 spiro atoms. The number of carbonyl (C=O) groups is 13. The first kappa shape index (κ1) is 78.1. The molecule has 20 N–H and O–H groups in total. The van der Waals surface area contributed by atoms with Gasteiger partial charge in [0, 0.05) is 32.2 Å². The molecule has 0 bridgehead atoms. The second kappa shape index (κ2) is 38.2. The number of hydrogen-bond acceptors (Lipinski definition) is 19. The van der Waals surface area contributed by atoms with Crippen LogP contribution in [0.1, 0.15) is 81.5 Å². The number of aromatic hydroxyl groups is 2. The van der Waals surface area contributed by atoms with Gasteiger partial charge in [-0.15, -0.1) is 0 Å². The molecule has 0 aromatic heterocycles. The van der Waals surface area contributed by atoms with Crippen LogP contribution in [0.4, 0.5) is 0 Å². The Hall–Kier alpha value is -10.6. The van der Waals surface area contributed by atoms with Gasteiger partial charge in [0.25, 0.3) is 0 Å². The first-order valence-electron chi connectivity index (χ1n) is 31.5. The number of phenols is 2. The highest BCUT2D eigenvalue weighted by molar-refractivity contribution is 6.00. The van der Waals surface area contributed by atoms with Crippen LogP contribution in [0.5, 0.6) is 11.5 Å². The van der Waals surface area contributed by atoms with Crippen molar-refractivity contribution in [2.24, 2.45) is 17.4 Å². The van der Waals surface area contributed by atoms with Crippen LogP contribution in [-0.2, 0) is 88.0 Å². The standard InChI is InChI=1S/C66H86N12O20/c1-35(2)27-49(66(97)98)74-60(91)48(32-53(68)84)73-57(88)44(24-25-54(85)86)69-58(89)46(30-39-16-20-41(82)21-17-39)71-59(90)45(29-38-13-8-5-9-14-38)72-62(93)50(33-79)75-63(94)52-15-10-26-78(52)65(96)51(34-80)76-64(95)55(36(3)81)77-61(92)47(31-40-18-22-42(83)23-19-40)70-56(87)43(67)28-37-11-6-4-7-12-37/h4-9,11-14,16-23,35-36,43-52,55,79-83H,10,15,24-34,67H2,1-3H3,(H2,68,84)(H,69,89)(H,70,87)(H,71,90)(H,72,93)(H,73,88)(H,74,91)(H,75,94)(H,76,95)(H,77,92)(H,85,86)(H,97,98)/t36-,43+,44+,45+,46+,47+,48+,49+,50+,51+,52+,55+/m1/s1. The number of benzene rings is 4. The van der Waals surface area contributed by atoms with Crippen LogP contribution < -0.4 is 59.3 Å². The number of carbonyl (C=O) groups excluding carboxylic acids is 11. The first-order valence-corrected chi connectivity index (χ1v) is 31.5. The quantitative estimate of drug-likeness (QED) is 0.0205. The number of aliphatic hydroxyl groups excluding tert-OH is 3. The number of likely N-dealkylation sites (tertiary alicyclic amines) is 1. The molecule has 4 aromatic carbocycles. The van der Waals surface area contributed by atoms with Crippen LogP contribution >= 0.6 is 0 Å². The van der Waals surface area contributed by atoms with Crippen molar-refractivity contribution in [2.75, 3.05) is 19.8 Å². The number of carboxylic acid groups (broad SMARTS) is 2. The molecule has 0 radical (unpaired) electrons. The van der Waals surface area contributed by atoms with Gasteiger partial charge in [-0.1, -0.05) is 98.8 Å². The van der Waals surface area contributed by atoms with E-state index in [0.717, 1.165) is 17.4 Å². The van der Waals surface area contributed by atoms with Crippen molar-refractivity contribution < 1.29 is 98.1 Å². The summed E-state index contributed by atoms with van der Waals surface area (Å²) in [7, 11) is 0. The topological polar surface area (TPSA) is 527 Å². The Kier molecular flexibility index (Phi) is 30.5. The largest absolute Gasteiger partial charge is 0.508 e. The van der Waals surface area contributed by atoms with Gasteiger partial charge in [-0.3, -0.25) is 57.5 Å². The number of aliphatic hydroxyl groups is 3. The number of aliphatic carboxylic acids is 2. The molecule has 0 unspecified atom stereocenters. The summed E-state index contributed by atoms with van der Waals surface area (Å²) in [6.45, 7) is 2.19. The number of nitrogens with two attached hydrogens (primary N) is 2. The van der Waals surface area contributed by atoms with Crippen LogP contribution in [0.2, 0.25) is 0 Å². The van der Waals surface area contributed by atoms with E-state index in [2.05, 4.69) is 47.9 Å². The number of amides is 11. The van der Waals surface area contributed by atoms with E-state index in [4.69, 9.17) is 11.5 Å². The molecule has 1 saturated heterocycles. The molecule has 12 atom stereocenters. The lowest BCUT2D eigenvalue weighted by Gasteiger charge is -2.31. The number of phenolic OH excluding ortho intramolecular Hbond substituents is 2. The molecule has 32 heteroatoms. The minimum atomic E-state index is -1.85. The van der Waals surface area contributed by atoms with Gasteiger partial charge in [0.05, 0.1) is 31.8 Å². The zero-order valence-corrected chi connectivity index (χ0v) is 54.1. The van der Waals surface area contributed by atoms with E-state index in [1.54, 1.807) is 74.5 Å². The highest BCUT2D eigenvalue weighted by Crippen LogP contribution is 2.21. The van der Waals surface area contributed by atoms with Gasteiger partial charge in [-0.25, -0.2) is 4.79 Å². The van der Waals surface area contributed by atoms with Crippen molar-refractivity contribution in [2.45, 2.75) is 158 Å². The Morgan fingerprint density at radius 2 is 0.898 bits per heavy atom. The van der Waals surface area contributed by atoms with E-state index in [0.29, 0.717) is 16.7 Å². The molecule has 1 aliphatic rings. The number of hydrogen-bond donors (Lipinski definition) is 18. The highest BCUT2D eigenvalue weighted by Gasteiger charge is 2.41. The number of nitrogens with zero attached hydrogens (tertiary/aromatic N) is 1. The van der Waals surface area contributed by atoms with Crippen molar-refractivity contribution >= 4 is 76.9 Å². The molecule has 1 heterocycles. The van der Waals surface area contributed by atoms with Gasteiger partial charge in [0.1, 0.15) is 71.9 Å². The van der Waals surface area contributed by atoms with Crippen LogP contribution in [0.3, 0.4) is 0 Å². The summed E-state index contributed by atoms with van der Waals surface area (Å²) in [5, 5.41) is 92.8. The Balaban J connectivity index is 1.33. The monoisotopic (exact) mass is 1370 g/mol. The highest BCUT2D eigenvalue weighted by atomic mass is 16.4. The van der Waals surface area contributed by atoms with Crippen molar-refractivity contribution in [3.8, 4) is 11.5 Å². The SMILES string of the molecule is CC(C)C[C@H](NC(=O)[C@H](CC(N)=O)NC(=O)[C@H](CCC(=O)O)NC(=O)[C@H](Cc1ccc(O)cc1)NC(=O)[C@H](Cc1ccccc1)NC(=O)[C@H](CO)NC(=O)[C@@H]1CCCN1C(=O)[C@H](CO)NC(=O)[C@@H](NC(=O)[C@H](Cc1ccc(O)cc1)NC(=O)[C@@H](N)Cc1ccccc1)[C@@H](C)O)C(=O)O. The average molecular weight is 1370 g/mol. The lowest BCUT2D eigenvalue weighted by Crippen LogP contribution is -2.62. The molecule has 1 aliphatic heterocycles. The summed E-state index contributed by atoms with van der Waals surface area (Å²) >= 11 is 0. The fourth-order valence-electron chi connectivity index (χ4n) is 10.5. The van der Waals surface area contributed by atoms with E-state index in [-0.39, 0.29) is 62.5 Å². The fourth-order valence-corrected chi connectivity index (χ4v) is 10.5. The number of nitrogens with one attached hydrogen (secondary N) is 9. The zero-order valence-electron chi connectivity index (χ0n) is 54.1. The van der Waals surface area contributed by atoms with E-state index in [1.165, 1.54) is 48.5 Å². The van der Waals surface area contributed by atoms with Crippen molar-refractivity contribution in [3.05, 3.63) is 131 Å². The van der Waals surface area contributed by atoms with Crippen LogP contribution in [0, 0.1) is 5.92 Å². The van der Waals surface area contributed by atoms with Gasteiger partial charge in [0.2, 0.25) is 65.0 Å². The summed E-state index contributed by atoms with van der Waals surface area (Å²) in [5.41, 5.74) is 13.5. The molecule has 0 aliphatic carbocycles. The minimum Gasteiger partial charge on any atom is -0.508 e. The third kappa shape index (κ3) is 24.9. The molecular formula is C66H86N12O20. The van der Waals surface area contributed by atoms with Crippen LogP contribution in [-0.4, -0.2) is 210 Å². The summed E-state index contributed by atoms with van der Waals surface area (Å²) in [4.78, 5) is 178. The molecular weight excluding hydrogens is 1280 g/mol. The second-order valence-corrected chi connectivity index (χ2v) is 24.1. The lowest BCUT2D eigenvalue weighted by atomic mass is 10.0. The van der Waals surface area contributed by atoms with E-state index in [9.17, 15) is 98.1 Å². The molecule has 530 valence electrons. The van der Waals surface area contributed by atoms with E-state index < -0.39 is 188 Å². The molecule has 1 fully saturated rings. The van der Waals surface area contributed by atoms with Crippen molar-refractivity contribution in [1.29, 1.82) is 0 Å². The third-order valence-electron chi connectivity index (χ3n) is 15.7. The van der Waals surface area contributed by atoms with Gasteiger partial charge in [-0.05, 0) is 91.5 Å². The zero-order chi connectivity index (χ0) is 72.3. The maximum Gasteiger partial charge on any atom is 0.326 e. The average Bonchev–Trinajstić information content (AvgIpc) is 1.47. The number of carboxylic acids is 2. The van der Waals surface area contributed by atoms with Gasteiger partial charge in [-0.2, -0.15) is 0 Å². The molecule has 0 saturated carbocycles. The summed E-state index contributed by atoms with van der Waals surface area (Å²) in [6, 6.07) is 9.82. The second-order valence-electron chi connectivity index (χ2n) is 24.1. The third-order valence-corrected chi connectivity index (χ3v) is 15.7. The molecule has 32 nitrogen and oxygen atoms in total. The predicted molar refractivity (Wildman–Crippen MR) is 348 cm³/mol. The summed E-state index contributed by atoms with van der Waals surface area (Å²) in [6.07, 6.45) is -4.69. The maximum absolute atomic E-state index is 14.6. The molecule has 98 heavy (non-hydrogen) atoms. The van der Waals surface area contributed by atoms with E-state index in [1.807, 2.05) is 0 Å². The first-order chi connectivity index (χ1) is 46.5. The van der Waals surface area contributed by atoms with Gasteiger partial charge >= 0.3 is 11.9 Å². The smallest absolute Gasteiger partial charge is 0.326 e. The Bertz CT molecular complexity index is 3420. The number of primary amides is 1. The van der Waals surface area contributed by atoms with Gasteiger partial charge < -0.3 is 100.0 Å². The Morgan fingerprint density at radius 3 is 1.36 bits per heavy atom. The lowest BCUT2D eigenvalue weighted by molar-refractivity contribution is -0.144. The van der Waals surface area contributed by atoms with Crippen molar-refractivity contribution in [3.63, 3.8) is 0 Å². The van der Waals surface area contributed by atoms with Crippen molar-refractivity contribution in [1.82, 2.24) is 52.8 Å². The number of rotatable bonds is 38. The minimum absolute atomic E-state index is 0.0454. The Labute approximate surface area is 563 Å². The fraction of sp³-hybridized carbons (Fsp3) is 0.439. The molecule has 4 aromatic rings. The molecule has 11 amide bonds. The van der Waals surface area contributed by atoms with Crippen LogP contribution in [0.15, 0.2) is 109 Å². The normalized spacial score (nSPS) is 16.0. The summed E-state index contributed by atoms with van der Waals surface area (Å²) < 4.78 is 0. The van der Waals surface area contributed by atoms with Gasteiger partial charge in [0.15, 0.2) is 0 Å². The summed E-state index contributed by atoms with van der Waals surface area (Å²) in [5.74, 6) is -15.2.